The number of nitrogens with one attached hydrogen (secondary N) is 1. The molecule has 0 aliphatic carbocycles. The average molecular weight is 412 g/mol. The van der Waals surface area contributed by atoms with Gasteiger partial charge in [-0.25, -0.2) is 12.8 Å². The molecule has 7 heteroatoms. The van der Waals surface area contributed by atoms with Crippen LogP contribution in [0.25, 0.3) is 0 Å². The maximum absolute atomic E-state index is 13.1. The zero-order chi connectivity index (χ0) is 21.0. The average Bonchev–Trinajstić information content (AvgIpc) is 2.71. The van der Waals surface area contributed by atoms with Gasteiger partial charge in [-0.2, -0.15) is 0 Å². The van der Waals surface area contributed by atoms with E-state index in [1.54, 1.807) is 56.4 Å². The van der Waals surface area contributed by atoms with Crippen LogP contribution in [-0.4, -0.2) is 26.3 Å². The lowest BCUT2D eigenvalue weighted by atomic mass is 10.1. The molecule has 150 valence electrons. The Labute approximate surface area is 169 Å². The van der Waals surface area contributed by atoms with Crippen molar-refractivity contribution < 1.29 is 17.6 Å². The van der Waals surface area contributed by atoms with E-state index in [9.17, 15) is 17.6 Å². The normalized spacial score (nSPS) is 11.1. The third kappa shape index (κ3) is 5.00. The van der Waals surface area contributed by atoms with Crippen molar-refractivity contribution in [3.63, 3.8) is 0 Å². The second-order valence-corrected chi connectivity index (χ2v) is 8.42. The Morgan fingerprint density at radius 3 is 2.31 bits per heavy atom. The Bertz CT molecular complexity index is 1110. The van der Waals surface area contributed by atoms with E-state index in [-0.39, 0.29) is 16.6 Å². The molecule has 3 rings (SSSR count). The summed E-state index contributed by atoms with van der Waals surface area (Å²) in [6.45, 7) is 2.07. The highest BCUT2D eigenvalue weighted by Crippen LogP contribution is 2.22. The summed E-state index contributed by atoms with van der Waals surface area (Å²) in [6, 6.07) is 18.8. The maximum atomic E-state index is 13.1. The SMILES string of the molecule is Cc1ccc(C(=O)N(C)Cc2ccc(F)cc2)cc1NS(=O)(=O)c1ccccc1. The molecule has 3 aromatic rings. The highest BCUT2D eigenvalue weighted by atomic mass is 32.2. The second-order valence-electron chi connectivity index (χ2n) is 6.74. The van der Waals surface area contributed by atoms with E-state index in [4.69, 9.17) is 0 Å². The second kappa shape index (κ2) is 8.45. The highest BCUT2D eigenvalue weighted by molar-refractivity contribution is 7.92. The van der Waals surface area contributed by atoms with Crippen LogP contribution in [0.4, 0.5) is 10.1 Å². The van der Waals surface area contributed by atoms with E-state index in [2.05, 4.69) is 4.72 Å². The van der Waals surface area contributed by atoms with Crippen molar-refractivity contribution in [1.29, 1.82) is 0 Å². The van der Waals surface area contributed by atoms with Gasteiger partial charge in [0.15, 0.2) is 0 Å². The summed E-state index contributed by atoms with van der Waals surface area (Å²) < 4.78 is 40.8. The largest absolute Gasteiger partial charge is 0.337 e. The predicted molar refractivity (Wildman–Crippen MR) is 111 cm³/mol. The smallest absolute Gasteiger partial charge is 0.261 e. The number of amides is 1. The summed E-state index contributed by atoms with van der Waals surface area (Å²) >= 11 is 0. The first-order chi connectivity index (χ1) is 13.8. The van der Waals surface area contributed by atoms with Crippen LogP contribution >= 0.6 is 0 Å². The molecular formula is C22H21FN2O3S. The number of sulfonamides is 1. The van der Waals surface area contributed by atoms with Crippen LogP contribution in [0, 0.1) is 12.7 Å². The lowest BCUT2D eigenvalue weighted by molar-refractivity contribution is 0.0785. The topological polar surface area (TPSA) is 66.5 Å². The zero-order valence-corrected chi connectivity index (χ0v) is 16.9. The molecule has 0 fully saturated rings. The first-order valence-electron chi connectivity index (χ1n) is 8.95. The van der Waals surface area contributed by atoms with Gasteiger partial charge < -0.3 is 4.90 Å². The van der Waals surface area contributed by atoms with Gasteiger partial charge in [-0.05, 0) is 54.4 Å². The molecule has 5 nitrogen and oxygen atoms in total. The molecule has 3 aromatic carbocycles. The minimum Gasteiger partial charge on any atom is -0.337 e. The standard InChI is InChI=1S/C22H21FN2O3S/c1-16-8-11-18(22(26)25(2)15-17-9-12-19(23)13-10-17)14-21(16)24-29(27,28)20-6-4-3-5-7-20/h3-14,24H,15H2,1-2H3. The van der Waals surface area contributed by atoms with Crippen molar-refractivity contribution in [2.24, 2.45) is 0 Å². The van der Waals surface area contributed by atoms with Crippen molar-refractivity contribution in [2.45, 2.75) is 18.4 Å². The summed E-state index contributed by atoms with van der Waals surface area (Å²) in [7, 11) is -2.12. The van der Waals surface area contributed by atoms with Crippen LogP contribution in [0.2, 0.25) is 0 Å². The molecular weight excluding hydrogens is 391 g/mol. The summed E-state index contributed by atoms with van der Waals surface area (Å²) in [5.74, 6) is -0.605. The van der Waals surface area contributed by atoms with E-state index in [1.165, 1.54) is 35.2 Å². The first kappa shape index (κ1) is 20.5. The molecule has 0 bridgehead atoms. The summed E-state index contributed by atoms with van der Waals surface area (Å²) in [5.41, 5.74) is 2.18. The summed E-state index contributed by atoms with van der Waals surface area (Å²) in [6.07, 6.45) is 0. The highest BCUT2D eigenvalue weighted by Gasteiger charge is 2.18. The van der Waals surface area contributed by atoms with Crippen molar-refractivity contribution in [3.8, 4) is 0 Å². The van der Waals surface area contributed by atoms with Gasteiger partial charge in [0.25, 0.3) is 15.9 Å². The number of anilines is 1. The Hall–Kier alpha value is -3.19. The molecule has 0 saturated carbocycles. The van der Waals surface area contributed by atoms with Crippen molar-refractivity contribution in [3.05, 3.63) is 95.3 Å². The van der Waals surface area contributed by atoms with Gasteiger partial charge in [0.05, 0.1) is 10.6 Å². The number of aryl methyl sites for hydroxylation is 1. The van der Waals surface area contributed by atoms with E-state index in [0.717, 1.165) is 5.56 Å². The molecule has 0 spiro atoms. The fraction of sp³-hybridized carbons (Fsp3) is 0.136. The minimum atomic E-state index is -3.76. The van der Waals surface area contributed by atoms with E-state index in [1.807, 2.05) is 0 Å². The molecule has 0 heterocycles. The third-order valence-corrected chi connectivity index (χ3v) is 5.84. The van der Waals surface area contributed by atoms with Crippen molar-refractivity contribution in [1.82, 2.24) is 4.90 Å². The van der Waals surface area contributed by atoms with E-state index < -0.39 is 10.0 Å². The number of hydrogen-bond donors (Lipinski definition) is 1. The minimum absolute atomic E-state index is 0.143. The van der Waals surface area contributed by atoms with Gasteiger partial charge >= 0.3 is 0 Å². The molecule has 0 aliphatic rings. The molecule has 0 radical (unpaired) electrons. The van der Waals surface area contributed by atoms with Gasteiger partial charge in [-0.1, -0.05) is 36.4 Å². The number of benzene rings is 3. The van der Waals surface area contributed by atoms with Gasteiger partial charge in [0.1, 0.15) is 5.82 Å². The summed E-state index contributed by atoms with van der Waals surface area (Å²) in [4.78, 5) is 14.4. The van der Waals surface area contributed by atoms with Crippen molar-refractivity contribution >= 4 is 21.6 Å². The maximum Gasteiger partial charge on any atom is 0.261 e. The van der Waals surface area contributed by atoms with Crippen LogP contribution in [0.1, 0.15) is 21.5 Å². The monoisotopic (exact) mass is 412 g/mol. The fourth-order valence-electron chi connectivity index (χ4n) is 2.82. The van der Waals surface area contributed by atoms with E-state index >= 15 is 0 Å². The predicted octanol–water partition coefficient (Wildman–Crippen LogP) is 4.21. The van der Waals surface area contributed by atoms with Crippen LogP contribution in [-0.2, 0) is 16.6 Å². The fourth-order valence-corrected chi connectivity index (χ4v) is 3.97. The van der Waals surface area contributed by atoms with Gasteiger partial charge in [0, 0.05) is 19.2 Å². The molecule has 1 N–H and O–H groups in total. The Balaban J connectivity index is 1.80. The molecule has 1 amide bonds. The molecule has 0 atom stereocenters. The Kier molecular flexibility index (Phi) is 5.98. The number of carbonyl (C=O) groups excluding carboxylic acids is 1. The Morgan fingerprint density at radius 2 is 1.66 bits per heavy atom. The third-order valence-electron chi connectivity index (χ3n) is 4.46. The lowest BCUT2D eigenvalue weighted by Gasteiger charge is -2.19. The zero-order valence-electron chi connectivity index (χ0n) is 16.1. The molecule has 29 heavy (non-hydrogen) atoms. The van der Waals surface area contributed by atoms with Crippen LogP contribution in [0.5, 0.6) is 0 Å². The number of carbonyl (C=O) groups is 1. The van der Waals surface area contributed by atoms with Crippen LogP contribution in [0.3, 0.4) is 0 Å². The molecule has 0 unspecified atom stereocenters. The first-order valence-corrected chi connectivity index (χ1v) is 10.4. The number of hydrogen-bond acceptors (Lipinski definition) is 3. The van der Waals surface area contributed by atoms with E-state index in [0.29, 0.717) is 23.4 Å². The molecule has 0 aromatic heterocycles. The summed E-state index contributed by atoms with van der Waals surface area (Å²) in [5, 5.41) is 0. The lowest BCUT2D eigenvalue weighted by Crippen LogP contribution is -2.26. The van der Waals surface area contributed by atoms with Crippen molar-refractivity contribution in [2.75, 3.05) is 11.8 Å². The van der Waals surface area contributed by atoms with Gasteiger partial charge in [-0.3, -0.25) is 9.52 Å². The molecule has 0 aliphatic heterocycles. The quantitative estimate of drug-likeness (QED) is 0.660. The number of rotatable bonds is 6. The van der Waals surface area contributed by atoms with Crippen LogP contribution < -0.4 is 4.72 Å². The number of nitrogens with zero attached hydrogens (tertiary/aromatic N) is 1. The molecule has 0 saturated heterocycles. The Morgan fingerprint density at radius 1 is 1.00 bits per heavy atom. The number of halogens is 1. The van der Waals surface area contributed by atoms with Gasteiger partial charge in [-0.15, -0.1) is 0 Å². The van der Waals surface area contributed by atoms with Crippen LogP contribution in [0.15, 0.2) is 77.7 Å². The van der Waals surface area contributed by atoms with Gasteiger partial charge in [0.2, 0.25) is 0 Å².